The lowest BCUT2D eigenvalue weighted by Crippen LogP contribution is -2.29. The molecule has 9 heteroatoms. The summed E-state index contributed by atoms with van der Waals surface area (Å²) in [4.78, 5) is 24.5. The fraction of sp³-hybridized carbons (Fsp3) is 0.200. The molecule has 0 aliphatic rings. The van der Waals surface area contributed by atoms with Gasteiger partial charge in [0.15, 0.2) is 0 Å². The minimum Gasteiger partial charge on any atom is -0.497 e. The van der Waals surface area contributed by atoms with Crippen molar-refractivity contribution in [2.24, 2.45) is 5.92 Å². The summed E-state index contributed by atoms with van der Waals surface area (Å²) in [5.74, 6) is -0.464. The highest BCUT2D eigenvalue weighted by Crippen LogP contribution is 2.29. The van der Waals surface area contributed by atoms with Gasteiger partial charge in [-0.3, -0.25) is 9.59 Å². The summed E-state index contributed by atoms with van der Waals surface area (Å²) in [7, 11) is 1.58. The van der Waals surface area contributed by atoms with Crippen LogP contribution in [0.2, 0.25) is 0 Å². The predicted octanol–water partition coefficient (Wildman–Crippen LogP) is 3.42. The average Bonchev–Trinajstić information content (AvgIpc) is 2.86. The Labute approximate surface area is 194 Å². The molecule has 34 heavy (non-hydrogen) atoms. The van der Waals surface area contributed by atoms with Gasteiger partial charge in [-0.2, -0.15) is 0 Å². The van der Waals surface area contributed by atoms with Crippen molar-refractivity contribution in [3.63, 3.8) is 0 Å². The third kappa shape index (κ3) is 5.05. The van der Waals surface area contributed by atoms with Crippen molar-refractivity contribution in [1.82, 2.24) is 15.0 Å². The van der Waals surface area contributed by atoms with Gasteiger partial charge in [0.2, 0.25) is 0 Å². The van der Waals surface area contributed by atoms with Crippen LogP contribution in [0.3, 0.4) is 0 Å². The van der Waals surface area contributed by atoms with E-state index in [2.05, 4.69) is 10.3 Å². The highest BCUT2D eigenvalue weighted by atomic mass is 16.5. The summed E-state index contributed by atoms with van der Waals surface area (Å²) in [6, 6.07) is 20.4. The molecule has 4 rings (SSSR count). The van der Waals surface area contributed by atoms with E-state index in [1.165, 1.54) is 0 Å². The minimum absolute atomic E-state index is 0.00333. The van der Waals surface area contributed by atoms with Crippen LogP contribution in [0.15, 0.2) is 77.6 Å². The maximum Gasteiger partial charge on any atom is 0.309 e. The maximum absolute atomic E-state index is 12.6. The Morgan fingerprint density at radius 1 is 0.971 bits per heavy atom. The van der Waals surface area contributed by atoms with Crippen LogP contribution in [0.1, 0.15) is 18.1 Å². The van der Waals surface area contributed by atoms with E-state index in [0.717, 1.165) is 4.68 Å². The van der Waals surface area contributed by atoms with Crippen molar-refractivity contribution < 1.29 is 24.5 Å². The van der Waals surface area contributed by atoms with Crippen LogP contribution in [0, 0.1) is 5.92 Å². The molecular weight excluding hydrogens is 438 g/mol. The summed E-state index contributed by atoms with van der Waals surface area (Å²) in [6.45, 7) is 0.00333. The number of carboxylic acids is 1. The molecule has 0 amide bonds. The van der Waals surface area contributed by atoms with Crippen molar-refractivity contribution in [2.45, 2.75) is 19.1 Å². The molecule has 4 aromatic rings. The predicted molar refractivity (Wildman–Crippen MR) is 124 cm³/mol. The highest BCUT2D eigenvalue weighted by molar-refractivity contribution is 5.76. The van der Waals surface area contributed by atoms with Gasteiger partial charge in [-0.05, 0) is 60.5 Å². The fourth-order valence-electron chi connectivity index (χ4n) is 3.59. The number of fused-ring (bicyclic) bond motifs is 1. The number of benzene rings is 3. The van der Waals surface area contributed by atoms with Crippen molar-refractivity contribution in [3.05, 3.63) is 88.7 Å². The molecule has 1 heterocycles. The molecule has 174 valence electrons. The largest absolute Gasteiger partial charge is 0.497 e. The highest BCUT2D eigenvalue weighted by Gasteiger charge is 2.28. The van der Waals surface area contributed by atoms with E-state index in [4.69, 9.17) is 9.47 Å². The van der Waals surface area contributed by atoms with E-state index in [1.54, 1.807) is 79.9 Å². The first-order valence-corrected chi connectivity index (χ1v) is 10.6. The van der Waals surface area contributed by atoms with E-state index in [1.807, 2.05) is 0 Å². The first-order valence-electron chi connectivity index (χ1n) is 10.6. The summed E-state index contributed by atoms with van der Waals surface area (Å²) in [5, 5.41) is 28.7. The monoisotopic (exact) mass is 461 g/mol. The summed E-state index contributed by atoms with van der Waals surface area (Å²) < 4.78 is 12.0. The van der Waals surface area contributed by atoms with Gasteiger partial charge >= 0.3 is 5.97 Å². The normalized spacial score (nSPS) is 12.8. The minimum atomic E-state index is -1.28. The first-order chi connectivity index (χ1) is 16.5. The standard InChI is InChI=1S/C25H23N3O6/c1-33-17-10-12-19(13-11-17)34-18-8-6-16(7-9-18)23(29)21(25(31)32)14-15-28-24(30)20-4-2-3-5-22(20)26-27-28/h2-13,21,23,29H,14-15H2,1H3,(H,31,32)/t21-,23+/m0/s1. The quantitative estimate of drug-likeness (QED) is 0.389. The Hall–Kier alpha value is -4.24. The lowest BCUT2D eigenvalue weighted by atomic mass is 9.93. The number of aromatic nitrogens is 3. The van der Waals surface area contributed by atoms with Gasteiger partial charge in [0.1, 0.15) is 22.8 Å². The Balaban J connectivity index is 1.45. The fourth-order valence-corrected chi connectivity index (χ4v) is 3.59. The molecule has 0 bridgehead atoms. The SMILES string of the molecule is COc1ccc(Oc2ccc([C@@H](O)[C@H](CCn3nnc4ccccc4c3=O)C(=O)O)cc2)cc1. The topological polar surface area (TPSA) is 124 Å². The van der Waals surface area contributed by atoms with Crippen molar-refractivity contribution in [3.8, 4) is 17.2 Å². The number of aryl methyl sites for hydroxylation is 1. The smallest absolute Gasteiger partial charge is 0.309 e. The van der Waals surface area contributed by atoms with Crippen molar-refractivity contribution in [1.29, 1.82) is 0 Å². The zero-order chi connectivity index (χ0) is 24.1. The van der Waals surface area contributed by atoms with Gasteiger partial charge in [-0.15, -0.1) is 5.10 Å². The molecule has 0 spiro atoms. The Bertz CT molecular complexity index is 1340. The first kappa shape index (κ1) is 22.9. The zero-order valence-corrected chi connectivity index (χ0v) is 18.4. The molecule has 0 aliphatic heterocycles. The lowest BCUT2D eigenvalue weighted by molar-refractivity contribution is -0.146. The van der Waals surface area contributed by atoms with E-state index < -0.39 is 18.0 Å². The van der Waals surface area contributed by atoms with Gasteiger partial charge in [0, 0.05) is 6.54 Å². The van der Waals surface area contributed by atoms with Crippen LogP contribution < -0.4 is 15.0 Å². The molecule has 2 N–H and O–H groups in total. The third-order valence-electron chi connectivity index (χ3n) is 5.50. The molecule has 9 nitrogen and oxygen atoms in total. The van der Waals surface area contributed by atoms with E-state index >= 15 is 0 Å². The molecule has 1 aromatic heterocycles. The summed E-state index contributed by atoms with van der Waals surface area (Å²) >= 11 is 0. The second kappa shape index (κ2) is 10.1. The number of aliphatic hydroxyl groups excluding tert-OH is 1. The van der Waals surface area contributed by atoms with Gasteiger partial charge in [0.25, 0.3) is 5.56 Å². The van der Waals surface area contributed by atoms with Crippen LogP contribution in [0.25, 0.3) is 10.9 Å². The van der Waals surface area contributed by atoms with E-state index in [9.17, 15) is 19.8 Å². The number of aliphatic carboxylic acids is 1. The number of hydrogen-bond donors (Lipinski definition) is 2. The Morgan fingerprint density at radius 3 is 2.24 bits per heavy atom. The van der Waals surface area contributed by atoms with Crippen LogP contribution in [-0.4, -0.2) is 38.3 Å². The second-order valence-electron chi connectivity index (χ2n) is 7.66. The Kier molecular flexibility index (Phi) is 6.84. The van der Waals surface area contributed by atoms with Gasteiger partial charge in [-0.25, -0.2) is 4.68 Å². The number of carboxylic acid groups (broad SMARTS) is 1. The van der Waals surface area contributed by atoms with E-state index in [0.29, 0.717) is 33.7 Å². The lowest BCUT2D eigenvalue weighted by Gasteiger charge is -2.20. The van der Waals surface area contributed by atoms with Crippen LogP contribution >= 0.6 is 0 Å². The van der Waals surface area contributed by atoms with E-state index in [-0.39, 0.29) is 18.5 Å². The average molecular weight is 461 g/mol. The van der Waals surface area contributed by atoms with Crippen LogP contribution in [0.4, 0.5) is 0 Å². The molecule has 0 aliphatic carbocycles. The van der Waals surface area contributed by atoms with Crippen LogP contribution in [-0.2, 0) is 11.3 Å². The van der Waals surface area contributed by atoms with Gasteiger partial charge in [0.05, 0.1) is 24.5 Å². The molecule has 0 unspecified atom stereocenters. The number of aliphatic hydroxyl groups is 1. The number of ether oxygens (including phenoxy) is 2. The second-order valence-corrected chi connectivity index (χ2v) is 7.66. The zero-order valence-electron chi connectivity index (χ0n) is 18.4. The number of nitrogens with zero attached hydrogens (tertiary/aromatic N) is 3. The van der Waals surface area contributed by atoms with Crippen LogP contribution in [0.5, 0.6) is 17.2 Å². The molecule has 3 aromatic carbocycles. The third-order valence-corrected chi connectivity index (χ3v) is 5.50. The number of hydrogen-bond acceptors (Lipinski definition) is 7. The maximum atomic E-state index is 12.6. The molecule has 0 saturated carbocycles. The van der Waals surface area contributed by atoms with Crippen molar-refractivity contribution in [2.75, 3.05) is 7.11 Å². The molecule has 0 radical (unpaired) electrons. The number of rotatable bonds is 9. The number of carbonyl (C=O) groups is 1. The molecule has 0 saturated heterocycles. The summed E-state index contributed by atoms with van der Waals surface area (Å²) in [5.41, 5.74) is 0.534. The van der Waals surface area contributed by atoms with Gasteiger partial charge < -0.3 is 19.7 Å². The molecular formula is C25H23N3O6. The number of methoxy groups -OCH3 is 1. The summed E-state index contributed by atoms with van der Waals surface area (Å²) in [6.07, 6.45) is -1.29. The van der Waals surface area contributed by atoms with Gasteiger partial charge in [-0.1, -0.05) is 29.5 Å². The molecule has 2 atom stereocenters. The Morgan fingerprint density at radius 2 is 1.59 bits per heavy atom. The van der Waals surface area contributed by atoms with Crippen molar-refractivity contribution >= 4 is 16.9 Å². The molecule has 0 fully saturated rings.